The van der Waals surface area contributed by atoms with Crippen molar-refractivity contribution in [2.24, 2.45) is 0 Å². The maximum absolute atomic E-state index is 12.8. The van der Waals surface area contributed by atoms with Gasteiger partial charge < -0.3 is 14.2 Å². The Bertz CT molecular complexity index is 1200. The standard InChI is InChI=1S/C25H18Cl2O5/c1-15-21(30-14-23(28)31-13-16-6-3-2-4-7-16)11-10-17-24(29)22(32-25(15)17)12-18-19(26)8-5-9-20(18)27/h2-12H,13-14H2,1H3/b22-12-. The Labute approximate surface area is 195 Å². The summed E-state index contributed by atoms with van der Waals surface area (Å²) in [6.07, 6.45) is 1.52. The van der Waals surface area contributed by atoms with E-state index in [-0.39, 0.29) is 24.8 Å². The number of rotatable bonds is 6. The molecule has 162 valence electrons. The van der Waals surface area contributed by atoms with Gasteiger partial charge in [-0.3, -0.25) is 4.79 Å². The molecule has 0 saturated heterocycles. The van der Waals surface area contributed by atoms with E-state index >= 15 is 0 Å². The van der Waals surface area contributed by atoms with Crippen molar-refractivity contribution < 1.29 is 23.8 Å². The summed E-state index contributed by atoms with van der Waals surface area (Å²) in [6.45, 7) is 1.66. The zero-order chi connectivity index (χ0) is 22.7. The largest absolute Gasteiger partial charge is 0.481 e. The minimum Gasteiger partial charge on any atom is -0.481 e. The molecule has 0 amide bonds. The Morgan fingerprint density at radius 3 is 2.44 bits per heavy atom. The van der Waals surface area contributed by atoms with Crippen molar-refractivity contribution in [1.29, 1.82) is 0 Å². The summed E-state index contributed by atoms with van der Waals surface area (Å²) in [4.78, 5) is 24.8. The molecule has 0 aromatic heterocycles. The van der Waals surface area contributed by atoms with Gasteiger partial charge in [0.05, 0.1) is 5.56 Å². The molecule has 4 rings (SSSR count). The van der Waals surface area contributed by atoms with Crippen LogP contribution >= 0.6 is 23.2 Å². The normalized spacial score (nSPS) is 13.6. The van der Waals surface area contributed by atoms with Crippen molar-refractivity contribution in [3.63, 3.8) is 0 Å². The SMILES string of the molecule is Cc1c(OCC(=O)OCc2ccccc2)ccc2c1O/C(=C\c1c(Cl)cccc1Cl)C2=O. The molecule has 0 radical (unpaired) electrons. The van der Waals surface area contributed by atoms with Crippen LogP contribution in [0.3, 0.4) is 0 Å². The van der Waals surface area contributed by atoms with Crippen LogP contribution in [0.25, 0.3) is 6.08 Å². The topological polar surface area (TPSA) is 61.8 Å². The lowest BCUT2D eigenvalue weighted by Gasteiger charge is -2.11. The highest BCUT2D eigenvalue weighted by Crippen LogP contribution is 2.40. The summed E-state index contributed by atoms with van der Waals surface area (Å²) in [6, 6.07) is 17.7. The maximum atomic E-state index is 12.8. The van der Waals surface area contributed by atoms with Gasteiger partial charge in [-0.2, -0.15) is 0 Å². The molecular weight excluding hydrogens is 451 g/mol. The number of hydrogen-bond acceptors (Lipinski definition) is 5. The van der Waals surface area contributed by atoms with E-state index in [2.05, 4.69) is 0 Å². The van der Waals surface area contributed by atoms with Crippen molar-refractivity contribution in [1.82, 2.24) is 0 Å². The number of Topliss-reactive ketones (excluding diaryl/α,β-unsaturated/α-hetero) is 1. The molecule has 3 aromatic rings. The van der Waals surface area contributed by atoms with Crippen LogP contribution in [0.5, 0.6) is 11.5 Å². The fourth-order valence-electron chi connectivity index (χ4n) is 3.22. The van der Waals surface area contributed by atoms with Gasteiger partial charge in [-0.05, 0) is 42.8 Å². The highest BCUT2D eigenvalue weighted by Gasteiger charge is 2.30. The van der Waals surface area contributed by atoms with Crippen LogP contribution < -0.4 is 9.47 Å². The van der Waals surface area contributed by atoms with Crippen molar-refractivity contribution in [3.05, 3.63) is 98.7 Å². The first-order valence-corrected chi connectivity index (χ1v) is 10.5. The lowest BCUT2D eigenvalue weighted by molar-refractivity contribution is -0.147. The van der Waals surface area contributed by atoms with E-state index in [4.69, 9.17) is 37.4 Å². The minimum absolute atomic E-state index is 0.109. The molecule has 0 unspecified atom stereocenters. The van der Waals surface area contributed by atoms with E-state index in [0.717, 1.165) is 5.56 Å². The average Bonchev–Trinajstić information content (AvgIpc) is 3.11. The average molecular weight is 469 g/mol. The molecule has 1 aliphatic heterocycles. The van der Waals surface area contributed by atoms with Crippen LogP contribution in [-0.2, 0) is 16.1 Å². The van der Waals surface area contributed by atoms with Gasteiger partial charge in [0.2, 0.25) is 5.78 Å². The number of ketones is 1. The van der Waals surface area contributed by atoms with Crippen molar-refractivity contribution in [2.75, 3.05) is 6.61 Å². The van der Waals surface area contributed by atoms with Gasteiger partial charge in [-0.15, -0.1) is 0 Å². The zero-order valence-corrected chi connectivity index (χ0v) is 18.6. The van der Waals surface area contributed by atoms with Gasteiger partial charge in [-0.25, -0.2) is 4.79 Å². The Kier molecular flexibility index (Phi) is 6.49. The Hall–Kier alpha value is -3.28. The molecule has 7 heteroatoms. The van der Waals surface area contributed by atoms with Crippen LogP contribution in [0.1, 0.15) is 27.0 Å². The summed E-state index contributed by atoms with van der Waals surface area (Å²) in [7, 11) is 0. The van der Waals surface area contributed by atoms with Gasteiger partial charge >= 0.3 is 5.97 Å². The van der Waals surface area contributed by atoms with Crippen LogP contribution in [0, 0.1) is 6.92 Å². The van der Waals surface area contributed by atoms with E-state index in [0.29, 0.717) is 38.2 Å². The quantitative estimate of drug-likeness (QED) is 0.325. The molecule has 0 aliphatic carbocycles. The summed E-state index contributed by atoms with van der Waals surface area (Å²) in [5.74, 6) is 0.120. The first-order valence-electron chi connectivity index (χ1n) is 9.78. The smallest absolute Gasteiger partial charge is 0.344 e. The molecule has 0 N–H and O–H groups in total. The fourth-order valence-corrected chi connectivity index (χ4v) is 3.73. The Morgan fingerprint density at radius 2 is 1.72 bits per heavy atom. The van der Waals surface area contributed by atoms with Gasteiger partial charge in [0, 0.05) is 21.2 Å². The second kappa shape index (κ2) is 9.47. The molecular formula is C25H18Cl2O5. The molecule has 0 fully saturated rings. The summed E-state index contributed by atoms with van der Waals surface area (Å²) < 4.78 is 16.6. The van der Waals surface area contributed by atoms with Crippen LogP contribution in [-0.4, -0.2) is 18.4 Å². The zero-order valence-electron chi connectivity index (χ0n) is 17.1. The number of carbonyl (C=O) groups is 2. The lowest BCUT2D eigenvalue weighted by Crippen LogP contribution is -2.15. The fraction of sp³-hybridized carbons (Fsp3) is 0.120. The van der Waals surface area contributed by atoms with Crippen molar-refractivity contribution in [2.45, 2.75) is 13.5 Å². The predicted molar refractivity (Wildman–Crippen MR) is 122 cm³/mol. The number of carbonyl (C=O) groups excluding carboxylic acids is 2. The van der Waals surface area contributed by atoms with Gasteiger partial charge in [0.25, 0.3) is 0 Å². The second-order valence-electron chi connectivity index (χ2n) is 7.08. The highest BCUT2D eigenvalue weighted by atomic mass is 35.5. The van der Waals surface area contributed by atoms with Crippen LogP contribution in [0.15, 0.2) is 66.4 Å². The summed E-state index contributed by atoms with van der Waals surface area (Å²) in [5, 5.41) is 0.819. The monoisotopic (exact) mass is 468 g/mol. The molecule has 1 aliphatic rings. The highest BCUT2D eigenvalue weighted by molar-refractivity contribution is 6.37. The molecule has 5 nitrogen and oxygen atoms in total. The maximum Gasteiger partial charge on any atom is 0.344 e. The van der Waals surface area contributed by atoms with Crippen LogP contribution in [0.4, 0.5) is 0 Å². The molecule has 3 aromatic carbocycles. The number of allylic oxidation sites excluding steroid dienone is 1. The molecule has 0 spiro atoms. The number of ether oxygens (including phenoxy) is 3. The summed E-state index contributed by atoms with van der Waals surface area (Å²) in [5.41, 5.74) is 2.39. The number of esters is 1. The lowest BCUT2D eigenvalue weighted by atomic mass is 10.1. The number of hydrogen-bond donors (Lipinski definition) is 0. The predicted octanol–water partition coefficient (Wildman–Crippen LogP) is 6.04. The third-order valence-corrected chi connectivity index (χ3v) is 5.56. The van der Waals surface area contributed by atoms with E-state index in [9.17, 15) is 9.59 Å². The Balaban J connectivity index is 1.45. The molecule has 0 bridgehead atoms. The molecule has 0 atom stereocenters. The molecule has 0 saturated carbocycles. The number of fused-ring (bicyclic) bond motifs is 1. The summed E-state index contributed by atoms with van der Waals surface area (Å²) >= 11 is 12.4. The van der Waals surface area contributed by atoms with Gasteiger partial charge in [0.15, 0.2) is 12.4 Å². The van der Waals surface area contributed by atoms with Crippen molar-refractivity contribution in [3.8, 4) is 11.5 Å². The molecule has 1 heterocycles. The van der Waals surface area contributed by atoms with Crippen LogP contribution in [0.2, 0.25) is 10.0 Å². The third-order valence-electron chi connectivity index (χ3n) is 4.90. The van der Waals surface area contributed by atoms with E-state index in [1.165, 1.54) is 6.08 Å². The Morgan fingerprint density at radius 1 is 1.00 bits per heavy atom. The first kappa shape index (κ1) is 21.9. The van der Waals surface area contributed by atoms with Crippen molar-refractivity contribution >= 4 is 41.0 Å². The van der Waals surface area contributed by atoms with Gasteiger partial charge in [0.1, 0.15) is 18.1 Å². The second-order valence-corrected chi connectivity index (χ2v) is 7.89. The van der Waals surface area contributed by atoms with E-state index < -0.39 is 5.97 Å². The molecule has 32 heavy (non-hydrogen) atoms. The van der Waals surface area contributed by atoms with Gasteiger partial charge in [-0.1, -0.05) is 59.6 Å². The van der Waals surface area contributed by atoms with E-state index in [1.54, 1.807) is 37.3 Å². The minimum atomic E-state index is -0.500. The first-order chi connectivity index (χ1) is 15.4. The number of benzene rings is 3. The van der Waals surface area contributed by atoms with E-state index in [1.807, 2.05) is 30.3 Å². The number of halogens is 2. The third kappa shape index (κ3) is 4.64.